The van der Waals surface area contributed by atoms with Gasteiger partial charge in [0.25, 0.3) is 5.97 Å². The molecule has 0 saturated heterocycles. The van der Waals surface area contributed by atoms with Crippen molar-refractivity contribution in [2.24, 2.45) is 0 Å². The van der Waals surface area contributed by atoms with Gasteiger partial charge in [-0.2, -0.15) is 0 Å². The lowest BCUT2D eigenvalue weighted by atomic mass is 10.4. The number of halogens is 3. The number of aliphatic hydroxyl groups is 1. The average Bonchev–Trinajstić information content (AvgIpc) is 1.84. The van der Waals surface area contributed by atoms with Gasteiger partial charge in [-0.1, -0.05) is 34.8 Å². The summed E-state index contributed by atoms with van der Waals surface area (Å²) in [6.45, 7) is 2.56. The molecule has 1 atom stereocenters. The fourth-order valence-electron chi connectivity index (χ4n) is 0.158. The molecule has 3 nitrogen and oxygen atoms in total. The maximum Gasteiger partial charge on any atom is 0.300 e. The maximum absolute atomic E-state index is 9.00. The lowest BCUT2D eigenvalue weighted by Crippen LogP contribution is -1.98. The molecule has 0 aromatic heterocycles. The third-order valence-electron chi connectivity index (χ3n) is 0.547. The number of aliphatic hydroxyl groups excluding tert-OH is 1. The predicted molar refractivity (Wildman–Crippen MR) is 49.6 cm³/mol. The van der Waals surface area contributed by atoms with E-state index in [1.54, 1.807) is 0 Å². The van der Waals surface area contributed by atoms with Gasteiger partial charge in [0.2, 0.25) is 0 Å². The molecule has 0 spiro atoms. The molecular formula is C6H9Cl3O3. The van der Waals surface area contributed by atoms with Crippen LogP contribution in [0.25, 0.3) is 0 Å². The van der Waals surface area contributed by atoms with Crippen LogP contribution in [0.15, 0.2) is 9.52 Å². The van der Waals surface area contributed by atoms with E-state index in [1.807, 2.05) is 0 Å². The molecule has 0 aliphatic carbocycles. The number of aliphatic carboxylic acids is 1. The third-order valence-corrected chi connectivity index (χ3v) is 1.65. The van der Waals surface area contributed by atoms with Gasteiger partial charge in [0.1, 0.15) is 4.49 Å². The van der Waals surface area contributed by atoms with Gasteiger partial charge in [-0.05, 0) is 6.92 Å². The summed E-state index contributed by atoms with van der Waals surface area (Å²) in [5, 5.41) is 16.1. The molecule has 1 unspecified atom stereocenters. The predicted octanol–water partition coefficient (Wildman–Crippen LogP) is 2.34. The van der Waals surface area contributed by atoms with E-state index in [-0.39, 0.29) is 9.52 Å². The summed E-state index contributed by atoms with van der Waals surface area (Å²) in [6.07, 6.45) is -0.776. The average molecular weight is 235 g/mol. The van der Waals surface area contributed by atoms with Crippen molar-refractivity contribution in [3.63, 3.8) is 0 Å². The monoisotopic (exact) mass is 234 g/mol. The van der Waals surface area contributed by atoms with Crippen LogP contribution in [0.4, 0.5) is 0 Å². The second-order valence-electron chi connectivity index (χ2n) is 1.80. The van der Waals surface area contributed by atoms with Crippen LogP contribution >= 0.6 is 34.8 Å². The van der Waals surface area contributed by atoms with Crippen LogP contribution in [0.3, 0.4) is 0 Å². The maximum atomic E-state index is 9.00. The van der Waals surface area contributed by atoms with E-state index in [0.717, 1.165) is 6.92 Å². The number of hydrogen-bond donors (Lipinski definition) is 2. The molecule has 0 fully saturated rings. The molecule has 0 amide bonds. The first-order valence-electron chi connectivity index (χ1n) is 2.87. The van der Waals surface area contributed by atoms with Crippen LogP contribution < -0.4 is 0 Å². The topological polar surface area (TPSA) is 57.5 Å². The van der Waals surface area contributed by atoms with E-state index in [2.05, 4.69) is 0 Å². The summed E-state index contributed by atoms with van der Waals surface area (Å²) in [4.78, 5) is 9.00. The van der Waals surface area contributed by atoms with Gasteiger partial charge in [-0.25, -0.2) is 0 Å². The standard InChI is InChI=1S/C4H5Cl3O.C2H4O2/c1-2(8)3(5)4(6)7;1-2(3)4/h2,8H,1H3;1H3,(H,3,4). The second kappa shape index (κ2) is 7.68. The Bertz CT molecular complexity index is 169. The first-order chi connectivity index (χ1) is 5.29. The Hall–Kier alpha value is 0.0400. The fourth-order valence-corrected chi connectivity index (χ4v) is 0.474. The quantitative estimate of drug-likeness (QED) is 0.733. The van der Waals surface area contributed by atoms with Crippen LogP contribution in [0.1, 0.15) is 13.8 Å². The highest BCUT2D eigenvalue weighted by atomic mass is 35.5. The lowest BCUT2D eigenvalue weighted by Gasteiger charge is -1.98. The molecule has 0 radical (unpaired) electrons. The van der Waals surface area contributed by atoms with Gasteiger partial charge in [-0.15, -0.1) is 0 Å². The number of carboxylic acids is 1. The van der Waals surface area contributed by atoms with E-state index in [0.29, 0.717) is 0 Å². The minimum absolute atomic E-state index is 0.0772. The largest absolute Gasteiger partial charge is 0.481 e. The minimum atomic E-state index is -0.833. The van der Waals surface area contributed by atoms with E-state index < -0.39 is 12.1 Å². The minimum Gasteiger partial charge on any atom is -0.481 e. The summed E-state index contributed by atoms with van der Waals surface area (Å²) < 4.78 is -0.0818. The molecule has 0 bridgehead atoms. The van der Waals surface area contributed by atoms with Gasteiger partial charge in [-0.3, -0.25) is 4.79 Å². The molecule has 72 valence electrons. The van der Waals surface area contributed by atoms with Crippen molar-refractivity contribution in [2.75, 3.05) is 0 Å². The number of carbonyl (C=O) groups is 1. The second-order valence-corrected chi connectivity index (χ2v) is 3.16. The number of hydrogen-bond acceptors (Lipinski definition) is 2. The first kappa shape index (κ1) is 14.6. The molecule has 0 aromatic carbocycles. The highest BCUT2D eigenvalue weighted by Crippen LogP contribution is 2.20. The smallest absolute Gasteiger partial charge is 0.300 e. The third kappa shape index (κ3) is 12.7. The van der Waals surface area contributed by atoms with Crippen molar-refractivity contribution < 1.29 is 15.0 Å². The van der Waals surface area contributed by atoms with Crippen LogP contribution in [0.2, 0.25) is 0 Å². The Morgan fingerprint density at radius 1 is 1.33 bits per heavy atom. The summed E-state index contributed by atoms with van der Waals surface area (Å²) in [5.41, 5.74) is 0. The van der Waals surface area contributed by atoms with Gasteiger partial charge in [0, 0.05) is 6.92 Å². The Morgan fingerprint density at radius 3 is 1.58 bits per heavy atom. The first-order valence-corrected chi connectivity index (χ1v) is 4.00. The van der Waals surface area contributed by atoms with Gasteiger partial charge < -0.3 is 10.2 Å². The Morgan fingerprint density at radius 2 is 1.58 bits per heavy atom. The van der Waals surface area contributed by atoms with E-state index in [4.69, 9.17) is 49.8 Å². The SMILES string of the molecule is CC(=O)O.CC(O)C(Cl)=C(Cl)Cl. The van der Waals surface area contributed by atoms with Crippen LogP contribution in [0.5, 0.6) is 0 Å². The number of rotatable bonds is 1. The van der Waals surface area contributed by atoms with Crippen molar-refractivity contribution in [1.29, 1.82) is 0 Å². The molecule has 0 aliphatic rings. The molecule has 0 aromatic rings. The highest BCUT2D eigenvalue weighted by Gasteiger charge is 2.03. The summed E-state index contributed by atoms with van der Waals surface area (Å²) in [6, 6.07) is 0. The zero-order valence-electron chi connectivity index (χ0n) is 6.51. The Balaban J connectivity index is 0. The van der Waals surface area contributed by atoms with E-state index >= 15 is 0 Å². The molecule has 0 saturated carbocycles. The zero-order valence-corrected chi connectivity index (χ0v) is 8.78. The van der Waals surface area contributed by atoms with Gasteiger partial charge >= 0.3 is 0 Å². The molecule has 0 heterocycles. The van der Waals surface area contributed by atoms with Gasteiger partial charge in [0.15, 0.2) is 0 Å². The summed E-state index contributed by atoms with van der Waals surface area (Å²) in [5.74, 6) is -0.833. The molecule has 0 rings (SSSR count). The van der Waals surface area contributed by atoms with Crippen molar-refractivity contribution in [3.8, 4) is 0 Å². The van der Waals surface area contributed by atoms with Crippen molar-refractivity contribution in [1.82, 2.24) is 0 Å². The number of carboxylic acid groups (broad SMARTS) is 1. The fraction of sp³-hybridized carbons (Fsp3) is 0.500. The van der Waals surface area contributed by atoms with Crippen molar-refractivity contribution in [3.05, 3.63) is 9.52 Å². The zero-order chi connectivity index (χ0) is 10.3. The van der Waals surface area contributed by atoms with Crippen LogP contribution in [-0.4, -0.2) is 22.3 Å². The summed E-state index contributed by atoms with van der Waals surface area (Å²) in [7, 11) is 0. The molecule has 2 N–H and O–H groups in total. The molecule has 6 heteroatoms. The molecule has 0 aliphatic heterocycles. The Labute approximate surface area is 85.5 Å². The lowest BCUT2D eigenvalue weighted by molar-refractivity contribution is -0.134. The molecule has 12 heavy (non-hydrogen) atoms. The van der Waals surface area contributed by atoms with Crippen molar-refractivity contribution >= 4 is 40.8 Å². The highest BCUT2D eigenvalue weighted by molar-refractivity contribution is 6.59. The van der Waals surface area contributed by atoms with Crippen LogP contribution in [-0.2, 0) is 4.79 Å². The van der Waals surface area contributed by atoms with E-state index in [9.17, 15) is 0 Å². The molecular weight excluding hydrogens is 226 g/mol. The van der Waals surface area contributed by atoms with E-state index in [1.165, 1.54) is 6.92 Å². The Kier molecular flexibility index (Phi) is 9.31. The van der Waals surface area contributed by atoms with Crippen molar-refractivity contribution in [2.45, 2.75) is 20.0 Å². The van der Waals surface area contributed by atoms with Crippen LogP contribution in [0, 0.1) is 0 Å². The summed E-state index contributed by atoms with van der Waals surface area (Å²) >= 11 is 15.7. The van der Waals surface area contributed by atoms with Gasteiger partial charge in [0.05, 0.1) is 11.1 Å². The normalized spacial score (nSPS) is 10.8.